The average Bonchev–Trinajstić information content (AvgIpc) is 2.81. The van der Waals surface area contributed by atoms with Crippen LogP contribution in [0.4, 0.5) is 23.2 Å². The number of ether oxygens (including phenoxy) is 2. The molecule has 2 aromatic rings. The van der Waals surface area contributed by atoms with Crippen molar-refractivity contribution in [3.05, 3.63) is 63.5 Å². The summed E-state index contributed by atoms with van der Waals surface area (Å²) in [5, 5.41) is 24.5. The number of phenolic OH excluding ortho intramolecular Hbond substituents is 1. The Morgan fingerprint density at radius 3 is 2.31 bits per heavy atom. The fraction of sp³-hybridized carbons (Fsp3) is 0.286. The van der Waals surface area contributed by atoms with Gasteiger partial charge in [-0.15, -0.1) is 0 Å². The van der Waals surface area contributed by atoms with Crippen LogP contribution in [0.15, 0.2) is 36.4 Å². The number of nitro groups is 1. The average molecular weight is 517 g/mol. The zero-order chi connectivity index (χ0) is 27.2. The number of alkyl halides is 3. The predicted octanol–water partition coefficient (Wildman–Crippen LogP) is 2.07. The number of benzene rings is 2. The number of methoxy groups -OCH3 is 2. The standard InChI is InChI=1S/C21H19F4N3O8/c1-35-16-6-4-11(9-15(16)29)17(27-20(32)21(23,24)25)18(30)26-13(19(31)36-2)7-10-3-5-12(22)14(8-10)28(33)34/h3-6,8-9,13,17,29H,7H2,1-2H3,(H,26,30)(H,27,32)/t13-,17-/m1/s1. The van der Waals surface area contributed by atoms with Crippen LogP contribution in [0.5, 0.6) is 11.5 Å². The maximum atomic E-state index is 13.6. The van der Waals surface area contributed by atoms with Crippen LogP contribution in [-0.2, 0) is 25.5 Å². The van der Waals surface area contributed by atoms with Crippen molar-refractivity contribution in [1.82, 2.24) is 10.6 Å². The number of hydrogen-bond donors (Lipinski definition) is 3. The molecular weight excluding hydrogens is 498 g/mol. The molecule has 2 rings (SSSR count). The molecule has 15 heteroatoms. The quantitative estimate of drug-likeness (QED) is 0.198. The van der Waals surface area contributed by atoms with E-state index in [-0.39, 0.29) is 16.9 Å². The molecule has 2 aromatic carbocycles. The number of carbonyl (C=O) groups is 3. The second kappa shape index (κ2) is 11.3. The van der Waals surface area contributed by atoms with Gasteiger partial charge in [-0.3, -0.25) is 19.7 Å². The lowest BCUT2D eigenvalue weighted by Gasteiger charge is -2.23. The van der Waals surface area contributed by atoms with Gasteiger partial charge in [0.2, 0.25) is 11.7 Å². The van der Waals surface area contributed by atoms with E-state index in [2.05, 4.69) is 10.1 Å². The molecule has 36 heavy (non-hydrogen) atoms. The van der Waals surface area contributed by atoms with Gasteiger partial charge >= 0.3 is 23.7 Å². The largest absolute Gasteiger partial charge is 0.504 e. The lowest BCUT2D eigenvalue weighted by atomic mass is 10.0. The first-order valence-electron chi connectivity index (χ1n) is 9.84. The Morgan fingerprint density at radius 2 is 1.78 bits per heavy atom. The van der Waals surface area contributed by atoms with Crippen molar-refractivity contribution in [2.75, 3.05) is 14.2 Å². The lowest BCUT2D eigenvalue weighted by molar-refractivity contribution is -0.387. The topological polar surface area (TPSA) is 157 Å². The monoisotopic (exact) mass is 517 g/mol. The van der Waals surface area contributed by atoms with E-state index in [1.807, 2.05) is 0 Å². The third-order valence-corrected chi connectivity index (χ3v) is 4.78. The van der Waals surface area contributed by atoms with E-state index >= 15 is 0 Å². The smallest absolute Gasteiger partial charge is 0.471 e. The van der Waals surface area contributed by atoms with E-state index in [0.29, 0.717) is 0 Å². The molecule has 0 saturated heterocycles. The van der Waals surface area contributed by atoms with E-state index in [1.54, 1.807) is 0 Å². The SMILES string of the molecule is COC(=O)[C@@H](Cc1ccc(F)c([N+](=O)[O-])c1)NC(=O)[C@H](NC(=O)C(F)(F)F)c1ccc(OC)c(O)c1. The van der Waals surface area contributed by atoms with Gasteiger partial charge in [0.25, 0.3) is 0 Å². The van der Waals surface area contributed by atoms with E-state index in [1.165, 1.54) is 12.4 Å². The molecule has 0 aliphatic rings. The Morgan fingerprint density at radius 1 is 1.11 bits per heavy atom. The van der Waals surface area contributed by atoms with E-state index in [0.717, 1.165) is 43.5 Å². The number of halogens is 4. The third kappa shape index (κ3) is 6.80. The number of carbonyl (C=O) groups excluding carboxylic acids is 3. The van der Waals surface area contributed by atoms with Crippen molar-refractivity contribution in [3.8, 4) is 11.5 Å². The van der Waals surface area contributed by atoms with Crippen LogP contribution in [0.25, 0.3) is 0 Å². The molecule has 2 amide bonds. The molecule has 0 fully saturated rings. The normalized spacial score (nSPS) is 12.7. The maximum absolute atomic E-state index is 13.6. The number of esters is 1. The van der Waals surface area contributed by atoms with Gasteiger partial charge in [-0.05, 0) is 29.3 Å². The Hall–Kier alpha value is -4.43. The first-order chi connectivity index (χ1) is 16.8. The fourth-order valence-electron chi connectivity index (χ4n) is 3.05. The minimum atomic E-state index is -5.37. The molecule has 0 aromatic heterocycles. The van der Waals surface area contributed by atoms with Crippen molar-refractivity contribution in [2.24, 2.45) is 0 Å². The number of nitro benzene ring substituents is 1. The number of rotatable bonds is 9. The number of aromatic hydroxyl groups is 1. The van der Waals surface area contributed by atoms with Crippen LogP contribution in [0, 0.1) is 15.9 Å². The van der Waals surface area contributed by atoms with Crippen LogP contribution in [0.1, 0.15) is 17.2 Å². The number of phenols is 1. The van der Waals surface area contributed by atoms with E-state index in [4.69, 9.17) is 4.74 Å². The summed E-state index contributed by atoms with van der Waals surface area (Å²) in [7, 11) is 2.14. The van der Waals surface area contributed by atoms with Crippen LogP contribution in [0.3, 0.4) is 0 Å². The molecule has 0 spiro atoms. The summed E-state index contributed by atoms with van der Waals surface area (Å²) in [6.07, 6.45) is -5.85. The first kappa shape index (κ1) is 27.8. The lowest BCUT2D eigenvalue weighted by Crippen LogP contribution is -2.50. The molecule has 0 heterocycles. The molecular formula is C21H19F4N3O8. The number of nitrogens with zero attached hydrogens (tertiary/aromatic N) is 1. The zero-order valence-corrected chi connectivity index (χ0v) is 18.6. The third-order valence-electron chi connectivity index (χ3n) is 4.78. The van der Waals surface area contributed by atoms with Gasteiger partial charge in [0, 0.05) is 12.5 Å². The first-order valence-corrected chi connectivity index (χ1v) is 9.84. The molecule has 0 aliphatic carbocycles. The number of nitrogens with one attached hydrogen (secondary N) is 2. The molecule has 0 radical (unpaired) electrons. The summed E-state index contributed by atoms with van der Waals surface area (Å²) in [5.41, 5.74) is -1.20. The highest BCUT2D eigenvalue weighted by atomic mass is 19.4. The molecule has 2 atom stereocenters. The molecule has 3 N–H and O–H groups in total. The van der Waals surface area contributed by atoms with Crippen LogP contribution < -0.4 is 15.4 Å². The van der Waals surface area contributed by atoms with Crippen molar-refractivity contribution in [1.29, 1.82) is 0 Å². The van der Waals surface area contributed by atoms with Gasteiger partial charge in [0.05, 0.1) is 19.1 Å². The van der Waals surface area contributed by atoms with Crippen LogP contribution in [-0.4, -0.2) is 54.3 Å². The highest BCUT2D eigenvalue weighted by molar-refractivity contribution is 5.93. The zero-order valence-electron chi connectivity index (χ0n) is 18.6. The van der Waals surface area contributed by atoms with Crippen LogP contribution >= 0.6 is 0 Å². The van der Waals surface area contributed by atoms with E-state index in [9.17, 15) is 47.2 Å². The highest BCUT2D eigenvalue weighted by Crippen LogP contribution is 2.30. The fourth-order valence-corrected chi connectivity index (χ4v) is 3.05. The number of amides is 2. The molecule has 0 saturated carbocycles. The van der Waals surface area contributed by atoms with Crippen molar-refractivity contribution < 1.29 is 51.4 Å². The second-order valence-electron chi connectivity index (χ2n) is 7.17. The van der Waals surface area contributed by atoms with Gasteiger partial charge in [-0.1, -0.05) is 12.1 Å². The maximum Gasteiger partial charge on any atom is 0.471 e. The summed E-state index contributed by atoms with van der Waals surface area (Å²) < 4.78 is 61.7. The minimum absolute atomic E-state index is 0.0109. The molecule has 0 bridgehead atoms. The summed E-state index contributed by atoms with van der Waals surface area (Å²) >= 11 is 0. The summed E-state index contributed by atoms with van der Waals surface area (Å²) in [6.45, 7) is 0. The molecule has 0 unspecified atom stereocenters. The van der Waals surface area contributed by atoms with Gasteiger partial charge in [-0.2, -0.15) is 17.6 Å². The molecule has 0 aliphatic heterocycles. The van der Waals surface area contributed by atoms with Crippen molar-refractivity contribution in [3.63, 3.8) is 0 Å². The van der Waals surface area contributed by atoms with E-state index < -0.39 is 64.6 Å². The van der Waals surface area contributed by atoms with Crippen LogP contribution in [0.2, 0.25) is 0 Å². The van der Waals surface area contributed by atoms with Gasteiger partial charge < -0.3 is 25.2 Å². The Kier molecular flexibility index (Phi) is 8.75. The van der Waals surface area contributed by atoms with Crippen molar-refractivity contribution in [2.45, 2.75) is 24.7 Å². The van der Waals surface area contributed by atoms with Crippen molar-refractivity contribution >= 4 is 23.5 Å². The predicted molar refractivity (Wildman–Crippen MR) is 112 cm³/mol. The minimum Gasteiger partial charge on any atom is -0.504 e. The summed E-state index contributed by atoms with van der Waals surface area (Å²) in [5.74, 6) is -6.68. The Balaban J connectivity index is 2.41. The summed E-state index contributed by atoms with van der Waals surface area (Å²) in [6, 6.07) is 2.09. The Labute approximate surface area is 200 Å². The highest BCUT2D eigenvalue weighted by Gasteiger charge is 2.41. The van der Waals surface area contributed by atoms with Gasteiger partial charge in [0.1, 0.15) is 12.1 Å². The summed E-state index contributed by atoms with van der Waals surface area (Å²) in [4.78, 5) is 46.7. The molecule has 194 valence electrons. The Bertz CT molecular complexity index is 1170. The second-order valence-corrected chi connectivity index (χ2v) is 7.17. The molecule has 11 nitrogen and oxygen atoms in total. The number of hydrogen-bond acceptors (Lipinski definition) is 8. The van der Waals surface area contributed by atoms with Gasteiger partial charge in [-0.25, -0.2) is 4.79 Å². The van der Waals surface area contributed by atoms with Gasteiger partial charge in [0.15, 0.2) is 11.5 Å².